The summed E-state index contributed by atoms with van der Waals surface area (Å²) in [6.45, 7) is 2.00. The lowest BCUT2D eigenvalue weighted by Gasteiger charge is -2.38. The van der Waals surface area contributed by atoms with Crippen molar-refractivity contribution in [2.24, 2.45) is 0 Å². The second-order valence-corrected chi connectivity index (χ2v) is 8.09. The number of benzene rings is 2. The minimum atomic E-state index is -0.227. The van der Waals surface area contributed by atoms with E-state index in [1.54, 1.807) is 17.6 Å². The highest BCUT2D eigenvalue weighted by Gasteiger charge is 2.27. The van der Waals surface area contributed by atoms with Crippen LogP contribution in [-0.4, -0.2) is 42.0 Å². The number of ether oxygens (including phenoxy) is 1. The Morgan fingerprint density at radius 2 is 1.93 bits per heavy atom. The summed E-state index contributed by atoms with van der Waals surface area (Å²) in [6.07, 6.45) is 1.73. The minimum Gasteiger partial charge on any atom is -0.486 e. The van der Waals surface area contributed by atoms with Crippen LogP contribution in [0, 0.1) is 5.82 Å². The molecule has 1 amide bonds. The molecule has 1 aromatic heterocycles. The van der Waals surface area contributed by atoms with Crippen LogP contribution in [0.1, 0.15) is 28.9 Å². The van der Waals surface area contributed by atoms with Gasteiger partial charge in [0.25, 0.3) is 5.91 Å². The SMILES string of the molecule is CN(C(=O)c1ccccc1OCc1cscn1)C1CCN(c2ccc(F)cc2)CC1. The molecule has 1 fully saturated rings. The zero-order valence-electron chi connectivity index (χ0n) is 16.8. The van der Waals surface area contributed by atoms with Crippen LogP contribution in [0.5, 0.6) is 5.75 Å². The van der Waals surface area contributed by atoms with Crippen molar-refractivity contribution < 1.29 is 13.9 Å². The number of nitrogens with zero attached hydrogens (tertiary/aromatic N) is 3. The number of rotatable bonds is 6. The van der Waals surface area contributed by atoms with Gasteiger partial charge in [-0.3, -0.25) is 4.79 Å². The van der Waals surface area contributed by atoms with Crippen molar-refractivity contribution >= 4 is 22.9 Å². The predicted molar refractivity (Wildman–Crippen MR) is 117 cm³/mol. The first kappa shape index (κ1) is 20.3. The summed E-state index contributed by atoms with van der Waals surface area (Å²) in [5.41, 5.74) is 4.20. The molecule has 2 heterocycles. The summed E-state index contributed by atoms with van der Waals surface area (Å²) >= 11 is 1.52. The molecule has 0 N–H and O–H groups in total. The van der Waals surface area contributed by atoms with Crippen LogP contribution < -0.4 is 9.64 Å². The number of anilines is 1. The monoisotopic (exact) mass is 425 g/mol. The van der Waals surface area contributed by atoms with Crippen molar-refractivity contribution in [3.8, 4) is 5.75 Å². The summed E-state index contributed by atoms with van der Waals surface area (Å²) in [4.78, 5) is 21.5. The molecule has 1 saturated heterocycles. The Labute approximate surface area is 179 Å². The third kappa shape index (κ3) is 4.62. The molecule has 0 saturated carbocycles. The summed E-state index contributed by atoms with van der Waals surface area (Å²) < 4.78 is 19.0. The fourth-order valence-electron chi connectivity index (χ4n) is 3.75. The molecule has 1 aliphatic rings. The largest absolute Gasteiger partial charge is 0.486 e. The molecule has 156 valence electrons. The highest BCUT2D eigenvalue weighted by Crippen LogP contribution is 2.26. The lowest BCUT2D eigenvalue weighted by atomic mass is 10.0. The first-order valence-electron chi connectivity index (χ1n) is 9.98. The van der Waals surface area contributed by atoms with Crippen molar-refractivity contribution in [1.82, 2.24) is 9.88 Å². The minimum absolute atomic E-state index is 0.0379. The molecule has 2 aromatic carbocycles. The summed E-state index contributed by atoms with van der Waals surface area (Å²) in [5.74, 6) is 0.310. The van der Waals surface area contributed by atoms with Gasteiger partial charge >= 0.3 is 0 Å². The maximum atomic E-state index is 13.2. The van der Waals surface area contributed by atoms with Crippen molar-refractivity contribution in [2.75, 3.05) is 25.0 Å². The second kappa shape index (κ2) is 9.26. The van der Waals surface area contributed by atoms with Crippen LogP contribution in [0.2, 0.25) is 0 Å². The lowest BCUT2D eigenvalue weighted by Crippen LogP contribution is -2.45. The first-order valence-corrected chi connectivity index (χ1v) is 10.9. The standard InChI is InChI=1S/C23H24FN3O2S/c1-26(19-10-12-27(13-11-19)20-8-6-17(24)7-9-20)23(28)21-4-2-3-5-22(21)29-14-18-15-30-16-25-18/h2-9,15-16,19H,10-14H2,1H3. The Morgan fingerprint density at radius 3 is 2.63 bits per heavy atom. The van der Waals surface area contributed by atoms with Gasteiger partial charge in [-0.05, 0) is 49.2 Å². The van der Waals surface area contributed by atoms with Crippen molar-refractivity contribution in [2.45, 2.75) is 25.5 Å². The van der Waals surface area contributed by atoms with Crippen LogP contribution in [0.15, 0.2) is 59.4 Å². The normalized spacial score (nSPS) is 14.5. The fraction of sp³-hybridized carbons (Fsp3) is 0.304. The Balaban J connectivity index is 1.39. The van der Waals surface area contributed by atoms with E-state index < -0.39 is 0 Å². The molecule has 0 radical (unpaired) electrons. The maximum absolute atomic E-state index is 13.2. The zero-order chi connectivity index (χ0) is 20.9. The van der Waals surface area contributed by atoms with E-state index in [0.29, 0.717) is 17.9 Å². The Hall–Kier alpha value is -2.93. The summed E-state index contributed by atoms with van der Waals surface area (Å²) in [7, 11) is 1.86. The number of hydrogen-bond acceptors (Lipinski definition) is 5. The van der Waals surface area contributed by atoms with Gasteiger partial charge in [-0.1, -0.05) is 12.1 Å². The molecule has 1 aliphatic heterocycles. The van der Waals surface area contributed by atoms with E-state index in [1.165, 1.54) is 23.5 Å². The van der Waals surface area contributed by atoms with Gasteiger partial charge < -0.3 is 14.5 Å². The Morgan fingerprint density at radius 1 is 1.20 bits per heavy atom. The number of carbonyl (C=O) groups excluding carboxylic acids is 1. The molecule has 0 aliphatic carbocycles. The maximum Gasteiger partial charge on any atom is 0.257 e. The molecule has 5 nitrogen and oxygen atoms in total. The Bertz CT molecular complexity index is 970. The number of halogens is 1. The number of carbonyl (C=O) groups is 1. The predicted octanol–water partition coefficient (Wildman–Crippen LogP) is 4.60. The van der Waals surface area contributed by atoms with Gasteiger partial charge in [-0.15, -0.1) is 11.3 Å². The van der Waals surface area contributed by atoms with Crippen molar-refractivity contribution in [1.29, 1.82) is 0 Å². The third-order valence-corrected chi connectivity index (χ3v) is 6.14. The van der Waals surface area contributed by atoms with Gasteiger partial charge in [-0.25, -0.2) is 9.37 Å². The number of hydrogen-bond donors (Lipinski definition) is 0. The highest BCUT2D eigenvalue weighted by molar-refractivity contribution is 7.07. The van der Waals surface area contributed by atoms with E-state index in [0.717, 1.165) is 37.3 Å². The van der Waals surface area contributed by atoms with E-state index in [-0.39, 0.29) is 17.8 Å². The van der Waals surface area contributed by atoms with Gasteiger partial charge in [0.05, 0.1) is 16.8 Å². The van der Waals surface area contributed by atoms with Crippen molar-refractivity contribution in [3.63, 3.8) is 0 Å². The van der Waals surface area contributed by atoms with Crippen LogP contribution in [-0.2, 0) is 6.61 Å². The molecular weight excluding hydrogens is 401 g/mol. The Kier molecular flexibility index (Phi) is 6.28. The quantitative estimate of drug-likeness (QED) is 0.579. The molecule has 3 aromatic rings. The van der Waals surface area contributed by atoms with Crippen LogP contribution in [0.4, 0.5) is 10.1 Å². The topological polar surface area (TPSA) is 45.7 Å². The second-order valence-electron chi connectivity index (χ2n) is 7.38. The van der Waals surface area contributed by atoms with E-state index >= 15 is 0 Å². The van der Waals surface area contributed by atoms with Crippen LogP contribution in [0.3, 0.4) is 0 Å². The smallest absolute Gasteiger partial charge is 0.257 e. The first-order chi connectivity index (χ1) is 14.6. The van der Waals surface area contributed by atoms with Crippen LogP contribution >= 0.6 is 11.3 Å². The van der Waals surface area contributed by atoms with Gasteiger partial charge in [0.15, 0.2) is 0 Å². The molecule has 0 atom stereocenters. The fourth-order valence-corrected chi connectivity index (χ4v) is 4.29. The highest BCUT2D eigenvalue weighted by atomic mass is 32.1. The molecule has 0 unspecified atom stereocenters. The third-order valence-electron chi connectivity index (χ3n) is 5.50. The zero-order valence-corrected chi connectivity index (χ0v) is 17.6. The molecule has 7 heteroatoms. The number of aromatic nitrogens is 1. The number of amides is 1. The van der Waals surface area contributed by atoms with Crippen molar-refractivity contribution in [3.05, 3.63) is 76.5 Å². The van der Waals surface area contributed by atoms with Gasteiger partial charge in [0.2, 0.25) is 0 Å². The van der Waals surface area contributed by atoms with E-state index in [2.05, 4.69) is 9.88 Å². The molecule has 4 rings (SSSR count). The number of thiazole rings is 1. The molecule has 0 spiro atoms. The number of piperidine rings is 1. The average Bonchev–Trinajstić information content (AvgIpc) is 3.31. The number of para-hydroxylation sites is 1. The van der Waals surface area contributed by atoms with Gasteiger partial charge in [-0.2, -0.15) is 0 Å². The van der Waals surface area contributed by atoms with E-state index in [1.807, 2.05) is 41.6 Å². The molecule has 0 bridgehead atoms. The summed E-state index contributed by atoms with van der Waals surface area (Å²) in [5, 5.41) is 1.94. The summed E-state index contributed by atoms with van der Waals surface area (Å²) in [6, 6.07) is 14.1. The lowest BCUT2D eigenvalue weighted by molar-refractivity contribution is 0.0704. The van der Waals surface area contributed by atoms with Crippen LogP contribution in [0.25, 0.3) is 0 Å². The van der Waals surface area contributed by atoms with Gasteiger partial charge in [0.1, 0.15) is 18.2 Å². The average molecular weight is 426 g/mol. The molecule has 30 heavy (non-hydrogen) atoms. The van der Waals surface area contributed by atoms with E-state index in [4.69, 9.17) is 4.74 Å². The van der Waals surface area contributed by atoms with Gasteiger partial charge in [0, 0.05) is 37.2 Å². The molecular formula is C23H24FN3O2S. The van der Waals surface area contributed by atoms with E-state index in [9.17, 15) is 9.18 Å².